The summed E-state index contributed by atoms with van der Waals surface area (Å²) in [5, 5.41) is 13.7. The second-order valence-corrected chi connectivity index (χ2v) is 7.54. The van der Waals surface area contributed by atoms with Crippen LogP contribution in [0.25, 0.3) is 0 Å². The molecule has 0 saturated carbocycles. The summed E-state index contributed by atoms with van der Waals surface area (Å²) in [6.07, 6.45) is 0.284. The maximum absolute atomic E-state index is 11.6. The molecule has 144 valence electrons. The van der Waals surface area contributed by atoms with Crippen LogP contribution in [0.15, 0.2) is 40.7 Å². The highest BCUT2D eigenvalue weighted by molar-refractivity contribution is 9.11. The summed E-state index contributed by atoms with van der Waals surface area (Å²) in [6.45, 7) is 8.65. The Bertz CT molecular complexity index is 625. The standard InChI is InChI=1S/C19H28BrN3O3/c1-14(21)16(25-13-15-9-6-5-7-10-15)17(20)22-11-8-12-23-18(24)26-19(2,3)4/h5-7,9-10,21-22H,8,11-13H2,1-4H3,(H,23,24)/b17-16+,21-14?. The van der Waals surface area contributed by atoms with Gasteiger partial charge >= 0.3 is 6.09 Å². The molecule has 0 atom stereocenters. The number of carbonyl (C=O) groups excluding carboxylic acids is 1. The number of alkyl carbamates (subject to hydrolysis) is 1. The Morgan fingerprint density at radius 2 is 1.77 bits per heavy atom. The van der Waals surface area contributed by atoms with E-state index in [2.05, 4.69) is 26.6 Å². The molecule has 3 N–H and O–H groups in total. The highest BCUT2D eigenvalue weighted by Crippen LogP contribution is 2.14. The minimum Gasteiger partial charge on any atom is -0.484 e. The Morgan fingerprint density at radius 3 is 2.35 bits per heavy atom. The van der Waals surface area contributed by atoms with Gasteiger partial charge in [-0.25, -0.2) is 4.79 Å². The highest BCUT2D eigenvalue weighted by atomic mass is 79.9. The number of hydrogen-bond acceptors (Lipinski definition) is 5. The second kappa shape index (κ2) is 10.9. The molecule has 0 aliphatic carbocycles. The molecular weight excluding hydrogens is 398 g/mol. The molecule has 0 spiro atoms. The first-order valence-electron chi connectivity index (χ1n) is 8.52. The van der Waals surface area contributed by atoms with E-state index in [1.165, 1.54) is 0 Å². The Balaban J connectivity index is 2.39. The largest absolute Gasteiger partial charge is 0.484 e. The summed E-state index contributed by atoms with van der Waals surface area (Å²) in [7, 11) is 0. The Labute approximate surface area is 164 Å². The van der Waals surface area contributed by atoms with Gasteiger partial charge in [0, 0.05) is 13.1 Å². The molecule has 0 saturated heterocycles. The second-order valence-electron chi connectivity index (χ2n) is 6.75. The van der Waals surface area contributed by atoms with Gasteiger partial charge in [0.2, 0.25) is 0 Å². The molecule has 0 heterocycles. The van der Waals surface area contributed by atoms with Crippen molar-refractivity contribution in [3.05, 3.63) is 46.3 Å². The van der Waals surface area contributed by atoms with Crippen molar-refractivity contribution < 1.29 is 14.3 Å². The minimum absolute atomic E-state index is 0.326. The number of ether oxygens (including phenoxy) is 2. The van der Waals surface area contributed by atoms with E-state index in [1.807, 2.05) is 51.1 Å². The van der Waals surface area contributed by atoms with Gasteiger partial charge in [0.25, 0.3) is 0 Å². The van der Waals surface area contributed by atoms with E-state index >= 15 is 0 Å². The van der Waals surface area contributed by atoms with Crippen LogP contribution >= 0.6 is 15.9 Å². The fourth-order valence-corrected chi connectivity index (χ4v) is 2.55. The maximum atomic E-state index is 11.6. The number of rotatable bonds is 9. The normalized spacial score (nSPS) is 12.0. The van der Waals surface area contributed by atoms with Gasteiger partial charge in [-0.2, -0.15) is 0 Å². The van der Waals surface area contributed by atoms with Crippen LogP contribution in [-0.2, 0) is 16.1 Å². The Hall–Kier alpha value is -2.02. The maximum Gasteiger partial charge on any atom is 0.407 e. The fourth-order valence-electron chi connectivity index (χ4n) is 1.94. The zero-order valence-electron chi connectivity index (χ0n) is 15.8. The minimum atomic E-state index is -0.499. The fraction of sp³-hybridized carbons (Fsp3) is 0.474. The van der Waals surface area contributed by atoms with Crippen molar-refractivity contribution in [1.29, 1.82) is 5.41 Å². The van der Waals surface area contributed by atoms with Gasteiger partial charge < -0.3 is 25.5 Å². The van der Waals surface area contributed by atoms with Crippen molar-refractivity contribution in [2.24, 2.45) is 0 Å². The van der Waals surface area contributed by atoms with Gasteiger partial charge in [0.15, 0.2) is 5.76 Å². The number of allylic oxidation sites excluding steroid dienone is 1. The van der Waals surface area contributed by atoms with Crippen LogP contribution in [0.4, 0.5) is 4.79 Å². The van der Waals surface area contributed by atoms with Crippen molar-refractivity contribution in [3.63, 3.8) is 0 Å². The first-order chi connectivity index (χ1) is 12.2. The number of hydrogen-bond donors (Lipinski definition) is 3. The van der Waals surface area contributed by atoms with E-state index in [0.29, 0.717) is 42.2 Å². The predicted molar refractivity (Wildman–Crippen MR) is 107 cm³/mol. The summed E-state index contributed by atoms with van der Waals surface area (Å²) in [5.41, 5.74) is 0.862. The lowest BCUT2D eigenvalue weighted by atomic mass is 10.2. The molecule has 0 aliphatic rings. The molecule has 7 heteroatoms. The molecule has 0 fully saturated rings. The van der Waals surface area contributed by atoms with Crippen LogP contribution in [0.3, 0.4) is 0 Å². The smallest absolute Gasteiger partial charge is 0.407 e. The molecule has 0 aliphatic heterocycles. The molecule has 0 radical (unpaired) electrons. The average Bonchev–Trinajstić information content (AvgIpc) is 2.53. The van der Waals surface area contributed by atoms with E-state index < -0.39 is 11.7 Å². The van der Waals surface area contributed by atoms with Crippen LogP contribution in [0.5, 0.6) is 0 Å². The first-order valence-corrected chi connectivity index (χ1v) is 9.31. The van der Waals surface area contributed by atoms with Gasteiger partial charge in [0.05, 0.1) is 5.71 Å². The Kier molecular flexibility index (Phi) is 9.19. The summed E-state index contributed by atoms with van der Waals surface area (Å²) in [6, 6.07) is 9.79. The van der Waals surface area contributed by atoms with Crippen LogP contribution < -0.4 is 10.6 Å². The van der Waals surface area contributed by atoms with Crippen molar-refractivity contribution in [2.75, 3.05) is 13.1 Å². The average molecular weight is 426 g/mol. The lowest BCUT2D eigenvalue weighted by Gasteiger charge is -2.19. The monoisotopic (exact) mass is 425 g/mol. The van der Waals surface area contributed by atoms with Gasteiger partial charge in [-0.1, -0.05) is 30.3 Å². The van der Waals surface area contributed by atoms with Gasteiger partial charge in [0.1, 0.15) is 16.8 Å². The highest BCUT2D eigenvalue weighted by Gasteiger charge is 2.15. The Morgan fingerprint density at radius 1 is 1.15 bits per heavy atom. The molecule has 0 aromatic heterocycles. The van der Waals surface area contributed by atoms with E-state index in [4.69, 9.17) is 14.9 Å². The molecule has 1 aromatic rings. The van der Waals surface area contributed by atoms with Crippen molar-refractivity contribution in [2.45, 2.75) is 46.3 Å². The lowest BCUT2D eigenvalue weighted by molar-refractivity contribution is 0.0527. The van der Waals surface area contributed by atoms with Crippen LogP contribution in [-0.4, -0.2) is 30.5 Å². The third-order valence-electron chi connectivity index (χ3n) is 3.07. The van der Waals surface area contributed by atoms with E-state index in [1.54, 1.807) is 6.92 Å². The number of carbonyl (C=O) groups is 1. The number of amides is 1. The molecule has 26 heavy (non-hydrogen) atoms. The SMILES string of the molecule is CC(=N)/C(OCc1ccccc1)=C(/Br)NCCCNC(=O)OC(C)(C)C. The molecule has 6 nitrogen and oxygen atoms in total. The molecule has 1 amide bonds. The lowest BCUT2D eigenvalue weighted by Crippen LogP contribution is -2.33. The van der Waals surface area contributed by atoms with E-state index in [-0.39, 0.29) is 0 Å². The van der Waals surface area contributed by atoms with E-state index in [0.717, 1.165) is 5.56 Å². The number of halogens is 1. The van der Waals surface area contributed by atoms with Crippen LogP contribution in [0.1, 0.15) is 39.7 Å². The van der Waals surface area contributed by atoms with Crippen molar-refractivity contribution in [3.8, 4) is 0 Å². The van der Waals surface area contributed by atoms with Crippen molar-refractivity contribution >= 4 is 27.7 Å². The van der Waals surface area contributed by atoms with Crippen LogP contribution in [0, 0.1) is 5.41 Å². The molecular formula is C19H28BrN3O3. The first kappa shape index (κ1) is 22.0. The van der Waals surface area contributed by atoms with Gasteiger partial charge in [-0.15, -0.1) is 0 Å². The molecule has 1 rings (SSSR count). The molecule has 0 bridgehead atoms. The van der Waals surface area contributed by atoms with Gasteiger partial charge in [-0.3, -0.25) is 0 Å². The molecule has 0 unspecified atom stereocenters. The quantitative estimate of drug-likeness (QED) is 0.238. The molecule has 1 aromatic carbocycles. The summed E-state index contributed by atoms with van der Waals surface area (Å²) in [4.78, 5) is 11.6. The zero-order chi connectivity index (χ0) is 19.6. The van der Waals surface area contributed by atoms with Crippen LogP contribution in [0.2, 0.25) is 0 Å². The topological polar surface area (TPSA) is 83.4 Å². The summed E-state index contributed by atoms with van der Waals surface area (Å²) in [5.74, 6) is 0.467. The predicted octanol–water partition coefficient (Wildman–Crippen LogP) is 4.31. The summed E-state index contributed by atoms with van der Waals surface area (Å²) < 4.78 is 11.6. The zero-order valence-corrected chi connectivity index (χ0v) is 17.4. The third-order valence-corrected chi connectivity index (χ3v) is 3.71. The van der Waals surface area contributed by atoms with E-state index in [9.17, 15) is 4.79 Å². The summed E-state index contributed by atoms with van der Waals surface area (Å²) >= 11 is 3.43. The number of benzene rings is 1. The number of nitrogens with one attached hydrogen (secondary N) is 3. The third kappa shape index (κ3) is 9.46. The van der Waals surface area contributed by atoms with Gasteiger partial charge in [-0.05, 0) is 55.6 Å². The van der Waals surface area contributed by atoms with Crippen molar-refractivity contribution in [1.82, 2.24) is 10.6 Å².